The molecular weight excluding hydrogens is 416 g/mol. The number of nitrogens with zero attached hydrogens (tertiary/aromatic N) is 1. The van der Waals surface area contributed by atoms with Gasteiger partial charge in [-0.3, -0.25) is 0 Å². The fourth-order valence-corrected chi connectivity index (χ4v) is 10.9. The van der Waals surface area contributed by atoms with E-state index in [4.69, 9.17) is 0 Å². The second-order valence-electron chi connectivity index (χ2n) is 10.3. The maximum atomic E-state index is 3.68. The Morgan fingerprint density at radius 1 is 0.727 bits per heavy atom. The number of anilines is 4. The molecule has 3 aromatic rings. The SMILES string of the molecule is C[Si](C)(C1CC[C@@H]2C(c3ccccc3)C=CC=C[C@H]12)N1c2ccccc2Nc2ccccc21. The van der Waals surface area contributed by atoms with Crippen LogP contribution in [0.5, 0.6) is 0 Å². The van der Waals surface area contributed by atoms with Crippen LogP contribution < -0.4 is 9.88 Å². The molecule has 4 atom stereocenters. The third-order valence-corrected chi connectivity index (χ3v) is 12.3. The first kappa shape index (κ1) is 20.6. The maximum absolute atomic E-state index is 3.68. The molecule has 2 aliphatic carbocycles. The Hall–Kier alpha value is -3.04. The Morgan fingerprint density at radius 2 is 1.33 bits per heavy atom. The van der Waals surface area contributed by atoms with Gasteiger partial charge in [0.05, 0.1) is 22.7 Å². The molecule has 166 valence electrons. The predicted octanol–water partition coefficient (Wildman–Crippen LogP) is 8.39. The summed E-state index contributed by atoms with van der Waals surface area (Å²) < 4.78 is 2.75. The van der Waals surface area contributed by atoms with Crippen molar-refractivity contribution in [2.45, 2.75) is 37.4 Å². The molecule has 2 nitrogen and oxygen atoms in total. The Labute approximate surface area is 198 Å². The number of allylic oxidation sites excluding steroid dienone is 4. The molecule has 3 heteroatoms. The molecule has 1 saturated carbocycles. The molecule has 3 aromatic carbocycles. The van der Waals surface area contributed by atoms with Crippen LogP contribution in [0, 0.1) is 11.8 Å². The lowest BCUT2D eigenvalue weighted by molar-refractivity contribution is 0.416. The number of nitrogens with one attached hydrogen (secondary N) is 1. The standard InChI is InChI=1S/C30H32N2Si/c1-33(2,32-28-18-10-8-16-26(28)31-27-17-9-11-19-29(27)32)30-21-20-24-23(14-6-7-15-25(24)30)22-12-4-3-5-13-22/h3-19,23-25,30-31H,20-21H2,1-2H3/t23?,24-,25+,30?/m1/s1. The van der Waals surface area contributed by atoms with Crippen molar-refractivity contribution in [1.82, 2.24) is 0 Å². The first-order valence-electron chi connectivity index (χ1n) is 12.3. The van der Waals surface area contributed by atoms with E-state index in [0.717, 1.165) is 0 Å². The first-order valence-corrected chi connectivity index (χ1v) is 15.3. The highest BCUT2D eigenvalue weighted by molar-refractivity contribution is 6.84. The van der Waals surface area contributed by atoms with Crippen LogP contribution in [0.25, 0.3) is 0 Å². The summed E-state index contributed by atoms with van der Waals surface area (Å²) in [7, 11) is -1.92. The average Bonchev–Trinajstić information content (AvgIpc) is 3.16. The van der Waals surface area contributed by atoms with E-state index in [9.17, 15) is 0 Å². The van der Waals surface area contributed by atoms with Crippen LogP contribution in [-0.4, -0.2) is 8.24 Å². The number of fused-ring (bicyclic) bond motifs is 3. The van der Waals surface area contributed by atoms with Crippen LogP contribution in [0.3, 0.4) is 0 Å². The van der Waals surface area contributed by atoms with Crippen LogP contribution in [-0.2, 0) is 0 Å². The summed E-state index contributed by atoms with van der Waals surface area (Å²) in [6, 6.07) is 28.8. The minimum atomic E-state index is -1.92. The lowest BCUT2D eigenvalue weighted by atomic mass is 9.80. The predicted molar refractivity (Wildman–Crippen MR) is 143 cm³/mol. The number of para-hydroxylation sites is 4. The molecule has 3 aliphatic rings. The Kier molecular flexibility index (Phi) is 5.03. The summed E-state index contributed by atoms with van der Waals surface area (Å²) in [5.41, 5.74) is 7.30. The zero-order valence-electron chi connectivity index (χ0n) is 19.5. The Bertz CT molecular complexity index is 1170. The number of benzene rings is 3. The van der Waals surface area contributed by atoms with Crippen LogP contribution in [0.1, 0.15) is 24.3 Å². The molecule has 1 heterocycles. The fraction of sp³-hybridized carbons (Fsp3) is 0.267. The second kappa shape index (κ2) is 8.07. The van der Waals surface area contributed by atoms with Gasteiger partial charge in [-0.25, -0.2) is 0 Å². The summed E-state index contributed by atoms with van der Waals surface area (Å²) >= 11 is 0. The molecule has 1 fully saturated rings. The molecular formula is C30H32N2Si. The van der Waals surface area contributed by atoms with Gasteiger partial charge in [0.1, 0.15) is 0 Å². The molecule has 33 heavy (non-hydrogen) atoms. The van der Waals surface area contributed by atoms with E-state index >= 15 is 0 Å². The van der Waals surface area contributed by atoms with Crippen LogP contribution in [0.2, 0.25) is 18.6 Å². The maximum Gasteiger partial charge on any atom is 0.160 e. The molecule has 0 amide bonds. The van der Waals surface area contributed by atoms with E-state index in [0.29, 0.717) is 23.3 Å². The zero-order chi connectivity index (χ0) is 22.4. The van der Waals surface area contributed by atoms with E-state index in [-0.39, 0.29) is 0 Å². The van der Waals surface area contributed by atoms with Gasteiger partial charge in [-0.1, -0.05) is 98.4 Å². The van der Waals surface area contributed by atoms with E-state index in [2.05, 4.69) is 126 Å². The van der Waals surface area contributed by atoms with E-state index in [1.54, 1.807) is 0 Å². The molecule has 2 unspecified atom stereocenters. The van der Waals surface area contributed by atoms with Gasteiger partial charge in [-0.05, 0) is 53.6 Å². The lowest BCUT2D eigenvalue weighted by Gasteiger charge is -2.48. The second-order valence-corrected chi connectivity index (χ2v) is 14.8. The quantitative estimate of drug-likeness (QED) is 0.405. The van der Waals surface area contributed by atoms with Crippen molar-refractivity contribution in [3.63, 3.8) is 0 Å². The van der Waals surface area contributed by atoms with Gasteiger partial charge < -0.3 is 9.88 Å². The van der Waals surface area contributed by atoms with E-state index < -0.39 is 8.24 Å². The first-order chi connectivity index (χ1) is 16.1. The molecule has 0 aromatic heterocycles. The number of rotatable bonds is 3. The smallest absolute Gasteiger partial charge is 0.160 e. The summed E-state index contributed by atoms with van der Waals surface area (Å²) in [4.78, 5) is 0. The Morgan fingerprint density at radius 3 is 2.03 bits per heavy atom. The van der Waals surface area contributed by atoms with Gasteiger partial charge in [-0.15, -0.1) is 0 Å². The van der Waals surface area contributed by atoms with Crippen LogP contribution >= 0.6 is 0 Å². The average molecular weight is 449 g/mol. The molecule has 0 bridgehead atoms. The number of hydrogen-bond donors (Lipinski definition) is 1. The summed E-state index contributed by atoms with van der Waals surface area (Å²) in [5.74, 6) is 1.79. The molecule has 0 saturated heterocycles. The van der Waals surface area contributed by atoms with Crippen molar-refractivity contribution < 1.29 is 0 Å². The van der Waals surface area contributed by atoms with Crippen molar-refractivity contribution in [1.29, 1.82) is 0 Å². The van der Waals surface area contributed by atoms with Gasteiger partial charge in [0.25, 0.3) is 0 Å². The topological polar surface area (TPSA) is 15.3 Å². The van der Waals surface area contributed by atoms with Crippen molar-refractivity contribution in [3.8, 4) is 0 Å². The normalized spacial score (nSPS) is 25.6. The third kappa shape index (κ3) is 3.38. The van der Waals surface area contributed by atoms with Crippen molar-refractivity contribution in [2.24, 2.45) is 11.8 Å². The van der Waals surface area contributed by atoms with Gasteiger partial charge in [0, 0.05) is 5.92 Å². The molecule has 1 N–H and O–H groups in total. The van der Waals surface area contributed by atoms with Gasteiger partial charge in [-0.2, -0.15) is 0 Å². The summed E-state index contributed by atoms with van der Waals surface area (Å²) in [6.07, 6.45) is 12.2. The lowest BCUT2D eigenvalue weighted by Crippen LogP contribution is -2.52. The van der Waals surface area contributed by atoms with Gasteiger partial charge in [0.2, 0.25) is 0 Å². The largest absolute Gasteiger partial charge is 0.366 e. The minimum absolute atomic E-state index is 0.503. The number of hydrogen-bond acceptors (Lipinski definition) is 2. The fourth-order valence-electron chi connectivity index (χ4n) is 6.74. The summed E-state index contributed by atoms with van der Waals surface area (Å²) in [5, 5.41) is 3.68. The molecule has 0 radical (unpaired) electrons. The highest BCUT2D eigenvalue weighted by atomic mass is 28.3. The van der Waals surface area contributed by atoms with Gasteiger partial charge >= 0.3 is 0 Å². The van der Waals surface area contributed by atoms with Crippen LogP contribution in [0.15, 0.2) is 103 Å². The Balaban J connectivity index is 1.41. The van der Waals surface area contributed by atoms with E-state index in [1.807, 2.05) is 0 Å². The zero-order valence-corrected chi connectivity index (χ0v) is 20.5. The summed E-state index contributed by atoms with van der Waals surface area (Å²) in [6.45, 7) is 5.20. The van der Waals surface area contributed by atoms with Crippen molar-refractivity contribution in [2.75, 3.05) is 9.88 Å². The molecule has 1 aliphatic heterocycles. The highest BCUT2D eigenvalue weighted by Gasteiger charge is 2.50. The van der Waals surface area contributed by atoms with Crippen LogP contribution in [0.4, 0.5) is 22.7 Å². The van der Waals surface area contributed by atoms with Crippen molar-refractivity contribution >= 4 is 31.0 Å². The van der Waals surface area contributed by atoms with E-state index in [1.165, 1.54) is 41.2 Å². The third-order valence-electron chi connectivity index (χ3n) is 8.22. The van der Waals surface area contributed by atoms with Gasteiger partial charge in [0.15, 0.2) is 8.24 Å². The monoisotopic (exact) mass is 448 g/mol. The molecule has 0 spiro atoms. The molecule has 6 rings (SSSR count). The highest BCUT2D eigenvalue weighted by Crippen LogP contribution is 2.57. The van der Waals surface area contributed by atoms with Crippen molar-refractivity contribution in [3.05, 3.63) is 109 Å². The minimum Gasteiger partial charge on any atom is -0.366 e.